The van der Waals surface area contributed by atoms with Gasteiger partial charge in [-0.3, -0.25) is 4.79 Å². The van der Waals surface area contributed by atoms with Gasteiger partial charge in [0.1, 0.15) is 0 Å². The molecule has 1 aliphatic rings. The number of carbonyl (C=O) groups is 1. The highest BCUT2D eigenvalue weighted by atomic mass is 79.9. The second-order valence-electron chi connectivity index (χ2n) is 4.80. The van der Waals surface area contributed by atoms with E-state index in [0.29, 0.717) is 17.0 Å². The first kappa shape index (κ1) is 13.6. The van der Waals surface area contributed by atoms with Gasteiger partial charge in [-0.1, -0.05) is 13.3 Å². The molecule has 0 radical (unpaired) electrons. The molecule has 100 valence electrons. The SMILES string of the molecule is CCCC1(CO)CCCN1C(=O)c1ccc(Br)o1. The zero-order chi connectivity index (χ0) is 13.2. The van der Waals surface area contributed by atoms with Gasteiger partial charge in [-0.05, 0) is 47.3 Å². The molecule has 1 amide bonds. The Hall–Kier alpha value is -0.810. The number of furan rings is 1. The van der Waals surface area contributed by atoms with Crippen LogP contribution in [0.2, 0.25) is 0 Å². The minimum atomic E-state index is -0.398. The summed E-state index contributed by atoms with van der Waals surface area (Å²) >= 11 is 3.20. The molecular formula is C13H18BrNO3. The molecule has 0 bridgehead atoms. The Morgan fingerprint density at radius 3 is 2.94 bits per heavy atom. The summed E-state index contributed by atoms with van der Waals surface area (Å²) in [7, 11) is 0. The second-order valence-corrected chi connectivity index (χ2v) is 5.58. The van der Waals surface area contributed by atoms with Crippen LogP contribution in [0, 0.1) is 0 Å². The molecular weight excluding hydrogens is 298 g/mol. The summed E-state index contributed by atoms with van der Waals surface area (Å²) in [4.78, 5) is 14.2. The third kappa shape index (κ3) is 2.34. The average molecular weight is 316 g/mol. The minimum Gasteiger partial charge on any atom is -0.444 e. The van der Waals surface area contributed by atoms with Crippen LogP contribution in [0.15, 0.2) is 21.2 Å². The van der Waals surface area contributed by atoms with Gasteiger partial charge in [0.25, 0.3) is 5.91 Å². The fraction of sp³-hybridized carbons (Fsp3) is 0.615. The van der Waals surface area contributed by atoms with Crippen LogP contribution >= 0.6 is 15.9 Å². The first-order chi connectivity index (χ1) is 8.63. The van der Waals surface area contributed by atoms with E-state index in [9.17, 15) is 9.90 Å². The van der Waals surface area contributed by atoms with E-state index in [1.165, 1.54) is 0 Å². The van der Waals surface area contributed by atoms with Crippen LogP contribution in [0.5, 0.6) is 0 Å². The molecule has 1 atom stereocenters. The molecule has 4 nitrogen and oxygen atoms in total. The Balaban J connectivity index is 2.23. The highest BCUT2D eigenvalue weighted by Gasteiger charge is 2.43. The van der Waals surface area contributed by atoms with Gasteiger partial charge >= 0.3 is 0 Å². The monoisotopic (exact) mass is 315 g/mol. The largest absolute Gasteiger partial charge is 0.444 e. The zero-order valence-corrected chi connectivity index (χ0v) is 12.1. The number of aliphatic hydroxyl groups is 1. The number of hydrogen-bond acceptors (Lipinski definition) is 3. The Bertz CT molecular complexity index is 432. The first-order valence-electron chi connectivity index (χ1n) is 6.31. The fourth-order valence-corrected chi connectivity index (χ4v) is 3.09. The Labute approximate surface area is 115 Å². The summed E-state index contributed by atoms with van der Waals surface area (Å²) < 4.78 is 5.87. The molecule has 1 saturated heterocycles. The van der Waals surface area contributed by atoms with Crippen molar-refractivity contribution in [3.05, 3.63) is 22.6 Å². The van der Waals surface area contributed by atoms with Crippen LogP contribution in [-0.2, 0) is 0 Å². The van der Waals surface area contributed by atoms with E-state index in [2.05, 4.69) is 22.9 Å². The van der Waals surface area contributed by atoms with Crippen LogP contribution in [-0.4, -0.2) is 34.6 Å². The van der Waals surface area contributed by atoms with Crippen molar-refractivity contribution < 1.29 is 14.3 Å². The number of amides is 1. The number of likely N-dealkylation sites (tertiary alicyclic amines) is 1. The number of hydrogen-bond donors (Lipinski definition) is 1. The molecule has 0 spiro atoms. The molecule has 18 heavy (non-hydrogen) atoms. The molecule has 1 fully saturated rings. The standard InChI is InChI=1S/C13H18BrNO3/c1-2-6-13(9-16)7-3-8-15(13)12(17)10-4-5-11(14)18-10/h4-5,16H,2-3,6-9H2,1H3. The van der Waals surface area contributed by atoms with E-state index in [4.69, 9.17) is 4.42 Å². The maximum Gasteiger partial charge on any atom is 0.290 e. The molecule has 2 heterocycles. The number of rotatable bonds is 4. The lowest BCUT2D eigenvalue weighted by Crippen LogP contribution is -2.49. The van der Waals surface area contributed by atoms with Crippen LogP contribution in [0.3, 0.4) is 0 Å². The zero-order valence-electron chi connectivity index (χ0n) is 10.5. The molecule has 0 aromatic carbocycles. The van der Waals surface area contributed by atoms with E-state index in [1.807, 2.05) is 0 Å². The lowest BCUT2D eigenvalue weighted by Gasteiger charge is -2.36. The Morgan fingerprint density at radius 2 is 2.39 bits per heavy atom. The van der Waals surface area contributed by atoms with Crippen molar-refractivity contribution in [2.75, 3.05) is 13.2 Å². The number of aliphatic hydroxyl groups excluding tert-OH is 1. The summed E-state index contributed by atoms with van der Waals surface area (Å²) in [5.74, 6) is 0.207. The predicted molar refractivity (Wildman–Crippen MR) is 71.4 cm³/mol. The number of nitrogens with zero attached hydrogens (tertiary/aromatic N) is 1. The van der Waals surface area contributed by atoms with Gasteiger partial charge in [0.15, 0.2) is 10.4 Å². The Kier molecular flexibility index (Phi) is 4.12. The molecule has 5 heteroatoms. The maximum absolute atomic E-state index is 12.4. The van der Waals surface area contributed by atoms with Crippen molar-refractivity contribution in [2.24, 2.45) is 0 Å². The maximum atomic E-state index is 12.4. The van der Waals surface area contributed by atoms with Crippen LogP contribution in [0.25, 0.3) is 0 Å². The quantitative estimate of drug-likeness (QED) is 0.929. The van der Waals surface area contributed by atoms with Crippen molar-refractivity contribution in [2.45, 2.75) is 38.1 Å². The Morgan fingerprint density at radius 1 is 1.61 bits per heavy atom. The van der Waals surface area contributed by atoms with Crippen molar-refractivity contribution in [3.63, 3.8) is 0 Å². The van der Waals surface area contributed by atoms with Gasteiger partial charge in [0.05, 0.1) is 12.1 Å². The van der Waals surface area contributed by atoms with Crippen molar-refractivity contribution >= 4 is 21.8 Å². The predicted octanol–water partition coefficient (Wildman–Crippen LogP) is 2.81. The summed E-state index contributed by atoms with van der Waals surface area (Å²) in [5, 5.41) is 9.69. The third-order valence-corrected chi connectivity index (χ3v) is 4.06. The van der Waals surface area contributed by atoms with Gasteiger partial charge in [-0.2, -0.15) is 0 Å². The van der Waals surface area contributed by atoms with Gasteiger partial charge in [-0.15, -0.1) is 0 Å². The summed E-state index contributed by atoms with van der Waals surface area (Å²) in [6.07, 6.45) is 3.59. The lowest BCUT2D eigenvalue weighted by atomic mass is 9.91. The van der Waals surface area contributed by atoms with E-state index in [-0.39, 0.29) is 12.5 Å². The van der Waals surface area contributed by atoms with Crippen LogP contribution < -0.4 is 0 Å². The van der Waals surface area contributed by atoms with Gasteiger partial charge in [0.2, 0.25) is 0 Å². The fourth-order valence-electron chi connectivity index (χ4n) is 2.79. The molecule has 0 saturated carbocycles. The highest BCUT2D eigenvalue weighted by molar-refractivity contribution is 9.10. The molecule has 1 aromatic rings. The van der Waals surface area contributed by atoms with Gasteiger partial charge < -0.3 is 14.4 Å². The van der Waals surface area contributed by atoms with E-state index < -0.39 is 5.54 Å². The third-order valence-electron chi connectivity index (χ3n) is 3.64. The van der Waals surface area contributed by atoms with E-state index in [0.717, 1.165) is 25.7 Å². The molecule has 1 unspecified atom stereocenters. The van der Waals surface area contributed by atoms with Crippen molar-refractivity contribution in [3.8, 4) is 0 Å². The van der Waals surface area contributed by atoms with Crippen molar-refractivity contribution in [1.82, 2.24) is 4.90 Å². The van der Waals surface area contributed by atoms with Gasteiger partial charge in [0, 0.05) is 6.54 Å². The molecule has 1 aromatic heterocycles. The average Bonchev–Trinajstić information content (AvgIpc) is 2.96. The van der Waals surface area contributed by atoms with E-state index >= 15 is 0 Å². The molecule has 1 N–H and O–H groups in total. The molecule has 0 aliphatic carbocycles. The normalized spacial score (nSPS) is 23.6. The number of carbonyl (C=O) groups excluding carboxylic acids is 1. The number of halogens is 1. The molecule has 2 rings (SSSR count). The minimum absolute atomic E-state index is 0.0223. The van der Waals surface area contributed by atoms with Crippen LogP contribution in [0.1, 0.15) is 43.2 Å². The highest BCUT2D eigenvalue weighted by Crippen LogP contribution is 2.34. The van der Waals surface area contributed by atoms with Gasteiger partial charge in [-0.25, -0.2) is 0 Å². The smallest absolute Gasteiger partial charge is 0.290 e. The summed E-state index contributed by atoms with van der Waals surface area (Å²) in [5.41, 5.74) is -0.398. The van der Waals surface area contributed by atoms with Crippen molar-refractivity contribution in [1.29, 1.82) is 0 Å². The summed E-state index contributed by atoms with van der Waals surface area (Å²) in [6.45, 7) is 2.79. The second kappa shape index (κ2) is 5.45. The first-order valence-corrected chi connectivity index (χ1v) is 7.10. The lowest BCUT2D eigenvalue weighted by molar-refractivity contribution is 0.0349. The summed E-state index contributed by atoms with van der Waals surface area (Å²) in [6, 6.07) is 3.38. The van der Waals surface area contributed by atoms with E-state index in [1.54, 1.807) is 17.0 Å². The van der Waals surface area contributed by atoms with Crippen LogP contribution in [0.4, 0.5) is 0 Å². The molecule has 1 aliphatic heterocycles. The topological polar surface area (TPSA) is 53.7 Å².